The molecule has 2 aromatic rings. The van der Waals surface area contributed by atoms with E-state index >= 15 is 0 Å². The average Bonchev–Trinajstić information content (AvgIpc) is 2.35. The minimum Gasteiger partial charge on any atom is -0.206 e. The van der Waals surface area contributed by atoms with Crippen molar-refractivity contribution in [2.75, 3.05) is 0 Å². The van der Waals surface area contributed by atoms with Crippen LogP contribution in [0.5, 0.6) is 0 Å². The van der Waals surface area contributed by atoms with Crippen LogP contribution in [-0.4, -0.2) is 0 Å². The van der Waals surface area contributed by atoms with Gasteiger partial charge in [-0.15, -0.1) is 0 Å². The average molecular weight is 280 g/mol. The molecule has 4 heteroatoms. The van der Waals surface area contributed by atoms with Crippen molar-refractivity contribution in [1.82, 2.24) is 0 Å². The van der Waals surface area contributed by atoms with Crippen LogP contribution in [0.1, 0.15) is 5.56 Å². The Hall–Kier alpha value is -1.56. The fraction of sp³-hybridized carbons (Fsp3) is 0.0714. The predicted octanol–water partition coefficient (Wildman–Crippen LogP) is 4.87. The molecule has 0 radical (unpaired) electrons. The highest BCUT2D eigenvalue weighted by Crippen LogP contribution is 2.33. The highest BCUT2D eigenvalue weighted by molar-refractivity contribution is 6.35. The Kier molecular flexibility index (Phi) is 3.86. The second-order valence-corrected chi connectivity index (χ2v) is 4.58. The summed E-state index contributed by atoms with van der Waals surface area (Å²) in [4.78, 5) is 0. The lowest BCUT2D eigenvalue weighted by molar-refractivity contribution is 0.619. The van der Waals surface area contributed by atoms with Crippen LogP contribution in [-0.2, 0) is 6.42 Å². The Balaban J connectivity index is 2.61. The van der Waals surface area contributed by atoms with Gasteiger partial charge < -0.3 is 0 Å². The second-order valence-electron chi connectivity index (χ2n) is 3.74. The Labute approximate surface area is 114 Å². The van der Waals surface area contributed by atoms with E-state index in [-0.39, 0.29) is 6.42 Å². The summed E-state index contributed by atoms with van der Waals surface area (Å²) < 4.78 is 14.2. The molecule has 0 aliphatic heterocycles. The van der Waals surface area contributed by atoms with Crippen molar-refractivity contribution in [3.63, 3.8) is 0 Å². The van der Waals surface area contributed by atoms with E-state index in [1.165, 1.54) is 0 Å². The highest BCUT2D eigenvalue weighted by atomic mass is 35.5. The van der Waals surface area contributed by atoms with Gasteiger partial charge in [0.15, 0.2) is 0 Å². The number of nitriles is 1. The molecule has 0 aliphatic rings. The van der Waals surface area contributed by atoms with E-state index in [0.29, 0.717) is 26.7 Å². The Morgan fingerprint density at radius 3 is 2.61 bits per heavy atom. The van der Waals surface area contributed by atoms with Crippen molar-refractivity contribution in [3.8, 4) is 17.2 Å². The van der Waals surface area contributed by atoms with Crippen LogP contribution >= 0.6 is 23.2 Å². The monoisotopic (exact) mass is 279 g/mol. The zero-order valence-electron chi connectivity index (χ0n) is 9.25. The van der Waals surface area contributed by atoms with Crippen molar-refractivity contribution >= 4 is 23.2 Å². The summed E-state index contributed by atoms with van der Waals surface area (Å²) in [5.41, 5.74) is 1.24. The summed E-state index contributed by atoms with van der Waals surface area (Å²) in [6.45, 7) is 0. The van der Waals surface area contributed by atoms with E-state index in [4.69, 9.17) is 28.5 Å². The molecule has 18 heavy (non-hydrogen) atoms. The molecule has 0 unspecified atom stereocenters. The third kappa shape index (κ3) is 2.48. The Morgan fingerprint density at radius 2 is 1.89 bits per heavy atom. The van der Waals surface area contributed by atoms with Crippen molar-refractivity contribution in [1.29, 1.82) is 5.26 Å². The lowest BCUT2D eigenvalue weighted by atomic mass is 10.0. The maximum absolute atomic E-state index is 14.2. The molecule has 90 valence electrons. The fourth-order valence-electron chi connectivity index (χ4n) is 1.71. The quantitative estimate of drug-likeness (QED) is 0.770. The number of nitrogens with zero attached hydrogens (tertiary/aromatic N) is 1. The molecule has 0 spiro atoms. The molecule has 2 aromatic carbocycles. The smallest absolute Gasteiger partial charge is 0.135 e. The third-order valence-corrected chi connectivity index (χ3v) is 3.13. The summed E-state index contributed by atoms with van der Waals surface area (Å²) in [5.74, 6) is -0.428. The van der Waals surface area contributed by atoms with Gasteiger partial charge in [-0.3, -0.25) is 0 Å². The van der Waals surface area contributed by atoms with Gasteiger partial charge in [0.2, 0.25) is 0 Å². The number of halogens is 3. The first-order valence-electron chi connectivity index (χ1n) is 5.23. The van der Waals surface area contributed by atoms with Gasteiger partial charge in [-0.05, 0) is 18.2 Å². The molecule has 0 amide bonds. The first-order chi connectivity index (χ1) is 8.63. The van der Waals surface area contributed by atoms with Crippen LogP contribution in [0, 0.1) is 17.1 Å². The summed E-state index contributed by atoms with van der Waals surface area (Å²) in [7, 11) is 0. The SMILES string of the molecule is N#CCc1cccc(-c2cc(Cl)ccc2Cl)c1F. The predicted molar refractivity (Wildman–Crippen MR) is 71.2 cm³/mol. The van der Waals surface area contributed by atoms with Crippen molar-refractivity contribution in [3.05, 3.63) is 57.8 Å². The number of benzene rings is 2. The Morgan fingerprint density at radius 1 is 1.11 bits per heavy atom. The summed E-state index contributed by atoms with van der Waals surface area (Å²) in [5, 5.41) is 9.55. The molecule has 0 aromatic heterocycles. The van der Waals surface area contributed by atoms with Crippen LogP contribution < -0.4 is 0 Å². The van der Waals surface area contributed by atoms with Gasteiger partial charge in [-0.1, -0.05) is 41.4 Å². The molecule has 0 bridgehead atoms. The van der Waals surface area contributed by atoms with Gasteiger partial charge >= 0.3 is 0 Å². The molecule has 0 aliphatic carbocycles. The van der Waals surface area contributed by atoms with Gasteiger partial charge in [0.25, 0.3) is 0 Å². The van der Waals surface area contributed by atoms with Crippen LogP contribution in [0.15, 0.2) is 36.4 Å². The molecule has 1 nitrogen and oxygen atoms in total. The van der Waals surface area contributed by atoms with E-state index < -0.39 is 5.82 Å². The molecule has 2 rings (SSSR count). The van der Waals surface area contributed by atoms with Crippen LogP contribution in [0.25, 0.3) is 11.1 Å². The molecule has 0 fully saturated rings. The zero-order chi connectivity index (χ0) is 13.1. The molecule has 0 saturated heterocycles. The number of hydrogen-bond donors (Lipinski definition) is 0. The molecule has 0 saturated carbocycles. The highest BCUT2D eigenvalue weighted by Gasteiger charge is 2.12. The second kappa shape index (κ2) is 5.39. The maximum Gasteiger partial charge on any atom is 0.135 e. The number of hydrogen-bond acceptors (Lipinski definition) is 1. The molecular weight excluding hydrogens is 272 g/mol. The van der Waals surface area contributed by atoms with E-state index in [1.807, 2.05) is 6.07 Å². The van der Waals surface area contributed by atoms with E-state index in [0.717, 1.165) is 0 Å². The minimum atomic E-state index is -0.428. The normalized spacial score (nSPS) is 10.1. The molecule has 0 N–H and O–H groups in total. The Bertz CT molecular complexity index is 632. The summed E-state index contributed by atoms with van der Waals surface area (Å²) >= 11 is 11.9. The lowest BCUT2D eigenvalue weighted by Crippen LogP contribution is -1.93. The van der Waals surface area contributed by atoms with E-state index in [1.54, 1.807) is 36.4 Å². The fourth-order valence-corrected chi connectivity index (χ4v) is 2.10. The maximum atomic E-state index is 14.2. The topological polar surface area (TPSA) is 23.8 Å². The van der Waals surface area contributed by atoms with E-state index in [9.17, 15) is 4.39 Å². The third-order valence-electron chi connectivity index (χ3n) is 2.57. The minimum absolute atomic E-state index is 0.0257. The van der Waals surface area contributed by atoms with Gasteiger partial charge in [0.1, 0.15) is 5.82 Å². The van der Waals surface area contributed by atoms with Crippen LogP contribution in [0.3, 0.4) is 0 Å². The summed E-state index contributed by atoms with van der Waals surface area (Å²) in [6.07, 6.45) is 0.0257. The molecule has 0 heterocycles. The lowest BCUT2D eigenvalue weighted by Gasteiger charge is -2.08. The largest absolute Gasteiger partial charge is 0.206 e. The molecular formula is C14H8Cl2FN. The van der Waals surface area contributed by atoms with Crippen LogP contribution in [0.2, 0.25) is 10.0 Å². The van der Waals surface area contributed by atoms with Gasteiger partial charge in [0, 0.05) is 26.7 Å². The molecule has 0 atom stereocenters. The first kappa shape index (κ1) is 12.9. The van der Waals surface area contributed by atoms with Gasteiger partial charge in [-0.2, -0.15) is 5.26 Å². The van der Waals surface area contributed by atoms with Gasteiger partial charge in [-0.25, -0.2) is 4.39 Å². The van der Waals surface area contributed by atoms with Crippen molar-refractivity contribution < 1.29 is 4.39 Å². The zero-order valence-corrected chi connectivity index (χ0v) is 10.8. The van der Waals surface area contributed by atoms with E-state index in [2.05, 4.69) is 0 Å². The van der Waals surface area contributed by atoms with Crippen LogP contribution in [0.4, 0.5) is 4.39 Å². The standard InChI is InChI=1S/C14H8Cl2FN/c15-10-4-5-13(16)12(8-10)11-3-1-2-9(6-7-18)14(11)17/h1-5,8H,6H2. The van der Waals surface area contributed by atoms with Crippen molar-refractivity contribution in [2.24, 2.45) is 0 Å². The first-order valence-corrected chi connectivity index (χ1v) is 5.99. The van der Waals surface area contributed by atoms with Crippen molar-refractivity contribution in [2.45, 2.75) is 6.42 Å². The number of rotatable bonds is 2. The summed E-state index contributed by atoms with van der Waals surface area (Å²) in [6, 6.07) is 11.7. The van der Waals surface area contributed by atoms with Gasteiger partial charge in [0.05, 0.1) is 12.5 Å².